The third-order valence-corrected chi connectivity index (χ3v) is 4.02. The van der Waals surface area contributed by atoms with Gasteiger partial charge in [0.2, 0.25) is 0 Å². The second-order valence-corrected chi connectivity index (χ2v) is 5.99. The predicted octanol–water partition coefficient (Wildman–Crippen LogP) is 3.42. The van der Waals surface area contributed by atoms with E-state index in [9.17, 15) is 4.79 Å². The number of aromatic nitrogens is 2. The molecule has 2 rings (SSSR count). The van der Waals surface area contributed by atoms with E-state index in [0.29, 0.717) is 11.4 Å². The van der Waals surface area contributed by atoms with E-state index in [1.807, 2.05) is 10.6 Å². The normalized spacial score (nSPS) is 12.3. The summed E-state index contributed by atoms with van der Waals surface area (Å²) in [5.41, 5.74) is 1.84. The molecule has 0 unspecified atom stereocenters. The van der Waals surface area contributed by atoms with Gasteiger partial charge in [0.05, 0.1) is 17.4 Å². The van der Waals surface area contributed by atoms with Crippen LogP contribution in [0.2, 0.25) is 0 Å². The molecule has 0 fully saturated rings. The van der Waals surface area contributed by atoms with Crippen molar-refractivity contribution in [3.05, 3.63) is 30.1 Å². The van der Waals surface area contributed by atoms with Gasteiger partial charge in [0.15, 0.2) is 0 Å². The van der Waals surface area contributed by atoms with Crippen molar-refractivity contribution >= 4 is 17.0 Å². The van der Waals surface area contributed by atoms with Crippen molar-refractivity contribution in [2.45, 2.75) is 34.2 Å². The monoisotopic (exact) mass is 260 g/mol. The third-order valence-electron chi connectivity index (χ3n) is 4.02. The molecule has 0 atom stereocenters. The summed E-state index contributed by atoms with van der Waals surface area (Å²) in [6.07, 6.45) is 1.74. The third kappa shape index (κ3) is 2.48. The molecule has 19 heavy (non-hydrogen) atoms. The molecule has 1 aromatic heterocycles. The van der Waals surface area contributed by atoms with Crippen LogP contribution in [0.5, 0.6) is 0 Å². The van der Waals surface area contributed by atoms with Gasteiger partial charge in [0.1, 0.15) is 5.52 Å². The van der Waals surface area contributed by atoms with Crippen LogP contribution in [0, 0.1) is 11.3 Å². The molecule has 1 N–H and O–H groups in total. The van der Waals surface area contributed by atoms with Crippen molar-refractivity contribution in [3.63, 3.8) is 0 Å². The molecule has 0 aliphatic carbocycles. The Morgan fingerprint density at radius 3 is 2.68 bits per heavy atom. The van der Waals surface area contributed by atoms with Gasteiger partial charge in [-0.05, 0) is 23.5 Å². The number of imidazole rings is 1. The van der Waals surface area contributed by atoms with Crippen LogP contribution in [0.15, 0.2) is 24.5 Å². The van der Waals surface area contributed by atoms with Crippen LogP contribution in [-0.4, -0.2) is 20.6 Å². The maximum atomic E-state index is 11.2. The number of fused-ring (bicyclic) bond motifs is 1. The number of nitrogens with zero attached hydrogens (tertiary/aromatic N) is 2. The summed E-state index contributed by atoms with van der Waals surface area (Å²) < 4.78 is 2.04. The maximum Gasteiger partial charge on any atom is 0.337 e. The lowest BCUT2D eigenvalue weighted by atomic mass is 9.81. The van der Waals surface area contributed by atoms with Crippen LogP contribution in [0.1, 0.15) is 38.1 Å². The molecule has 4 nitrogen and oxygen atoms in total. The molecule has 0 amide bonds. The van der Waals surface area contributed by atoms with Gasteiger partial charge in [-0.3, -0.25) is 0 Å². The highest BCUT2D eigenvalue weighted by atomic mass is 16.4. The second-order valence-electron chi connectivity index (χ2n) is 5.99. The average molecular weight is 260 g/mol. The lowest BCUT2D eigenvalue weighted by molar-refractivity contribution is 0.0699. The molecular formula is C15H20N2O2. The standard InChI is InChI=1S/C15H20N2O2/c1-10(2)15(3,4)8-17-9-16-13-11(14(18)19)6-5-7-12(13)17/h5-7,9-10H,8H2,1-4H3,(H,18,19). The van der Waals surface area contributed by atoms with Crippen LogP contribution in [0.25, 0.3) is 11.0 Å². The smallest absolute Gasteiger partial charge is 0.337 e. The Morgan fingerprint density at radius 1 is 1.42 bits per heavy atom. The average Bonchev–Trinajstić information content (AvgIpc) is 2.71. The van der Waals surface area contributed by atoms with Gasteiger partial charge in [-0.15, -0.1) is 0 Å². The summed E-state index contributed by atoms with van der Waals surface area (Å²) in [6.45, 7) is 9.64. The van der Waals surface area contributed by atoms with E-state index in [4.69, 9.17) is 5.11 Å². The van der Waals surface area contributed by atoms with Gasteiger partial charge in [-0.2, -0.15) is 0 Å². The molecule has 4 heteroatoms. The zero-order valence-corrected chi connectivity index (χ0v) is 11.8. The number of hydrogen-bond acceptors (Lipinski definition) is 2. The van der Waals surface area contributed by atoms with Crippen LogP contribution >= 0.6 is 0 Å². The zero-order chi connectivity index (χ0) is 14.2. The van der Waals surface area contributed by atoms with Gasteiger partial charge in [0, 0.05) is 6.54 Å². The molecule has 0 saturated heterocycles. The molecule has 1 heterocycles. The number of hydrogen-bond donors (Lipinski definition) is 1. The Hall–Kier alpha value is -1.84. The lowest BCUT2D eigenvalue weighted by Gasteiger charge is -2.29. The summed E-state index contributed by atoms with van der Waals surface area (Å²) in [5, 5.41) is 9.16. The Balaban J connectivity index is 2.47. The van der Waals surface area contributed by atoms with Crippen molar-refractivity contribution < 1.29 is 9.90 Å². The van der Waals surface area contributed by atoms with Crippen LogP contribution in [0.4, 0.5) is 0 Å². The topological polar surface area (TPSA) is 55.1 Å². The van der Waals surface area contributed by atoms with Gasteiger partial charge in [0.25, 0.3) is 0 Å². The predicted molar refractivity (Wildman–Crippen MR) is 75.3 cm³/mol. The van der Waals surface area contributed by atoms with Crippen LogP contribution in [-0.2, 0) is 6.54 Å². The highest BCUT2D eigenvalue weighted by molar-refractivity contribution is 6.00. The first-order valence-corrected chi connectivity index (χ1v) is 6.50. The minimum atomic E-state index is -0.932. The van der Waals surface area contributed by atoms with E-state index in [0.717, 1.165) is 12.1 Å². The minimum Gasteiger partial charge on any atom is -0.478 e. The van der Waals surface area contributed by atoms with E-state index in [1.54, 1.807) is 18.5 Å². The van der Waals surface area contributed by atoms with Crippen molar-refractivity contribution in [1.82, 2.24) is 9.55 Å². The highest BCUT2D eigenvalue weighted by Gasteiger charge is 2.24. The first-order chi connectivity index (χ1) is 8.83. The fourth-order valence-corrected chi connectivity index (χ4v) is 2.01. The fraction of sp³-hybridized carbons (Fsp3) is 0.467. The number of carboxylic acids is 1. The Bertz CT molecular complexity index is 612. The maximum absolute atomic E-state index is 11.2. The molecule has 1 aromatic carbocycles. The second kappa shape index (κ2) is 4.68. The SMILES string of the molecule is CC(C)C(C)(C)Cn1cnc2c(C(=O)O)cccc21. The summed E-state index contributed by atoms with van der Waals surface area (Å²) >= 11 is 0. The molecule has 0 aliphatic rings. The minimum absolute atomic E-state index is 0.132. The molecular weight excluding hydrogens is 240 g/mol. The molecule has 2 aromatic rings. The van der Waals surface area contributed by atoms with Crippen molar-refractivity contribution in [3.8, 4) is 0 Å². The van der Waals surface area contributed by atoms with Gasteiger partial charge < -0.3 is 9.67 Å². The lowest BCUT2D eigenvalue weighted by Crippen LogP contribution is -2.25. The zero-order valence-electron chi connectivity index (χ0n) is 11.8. The summed E-state index contributed by atoms with van der Waals surface area (Å²) in [7, 11) is 0. The Kier molecular flexibility index (Phi) is 3.35. The number of para-hydroxylation sites is 1. The molecule has 0 bridgehead atoms. The number of benzene rings is 1. The summed E-state index contributed by atoms with van der Waals surface area (Å²) in [4.78, 5) is 15.4. The summed E-state index contributed by atoms with van der Waals surface area (Å²) in [5.74, 6) is -0.397. The highest BCUT2D eigenvalue weighted by Crippen LogP contribution is 2.30. The van der Waals surface area contributed by atoms with Crippen molar-refractivity contribution in [1.29, 1.82) is 0 Å². The largest absolute Gasteiger partial charge is 0.478 e. The number of aromatic carboxylic acids is 1. The van der Waals surface area contributed by atoms with E-state index in [1.165, 1.54) is 0 Å². The Morgan fingerprint density at radius 2 is 2.11 bits per heavy atom. The molecule has 0 radical (unpaired) electrons. The molecule has 0 spiro atoms. The number of carboxylic acid groups (broad SMARTS) is 1. The fourth-order valence-electron chi connectivity index (χ4n) is 2.01. The van der Waals surface area contributed by atoms with E-state index in [2.05, 4.69) is 32.7 Å². The molecule has 102 valence electrons. The van der Waals surface area contributed by atoms with Crippen molar-refractivity contribution in [2.24, 2.45) is 11.3 Å². The van der Waals surface area contributed by atoms with Crippen molar-refractivity contribution in [2.75, 3.05) is 0 Å². The van der Waals surface area contributed by atoms with E-state index in [-0.39, 0.29) is 11.0 Å². The molecule has 0 saturated carbocycles. The summed E-state index contributed by atoms with van der Waals surface area (Å²) in [6, 6.07) is 5.28. The number of carbonyl (C=O) groups is 1. The first kappa shape index (κ1) is 13.6. The van der Waals surface area contributed by atoms with Crippen LogP contribution in [0.3, 0.4) is 0 Å². The first-order valence-electron chi connectivity index (χ1n) is 6.50. The van der Waals surface area contributed by atoms with E-state index >= 15 is 0 Å². The van der Waals surface area contributed by atoms with Gasteiger partial charge in [-0.25, -0.2) is 9.78 Å². The van der Waals surface area contributed by atoms with E-state index < -0.39 is 5.97 Å². The van der Waals surface area contributed by atoms with Gasteiger partial charge in [-0.1, -0.05) is 33.8 Å². The van der Waals surface area contributed by atoms with Gasteiger partial charge >= 0.3 is 5.97 Å². The Labute approximate surface area is 113 Å². The number of rotatable bonds is 4. The quantitative estimate of drug-likeness (QED) is 0.916. The molecule has 0 aliphatic heterocycles. The van der Waals surface area contributed by atoms with Crippen LogP contribution < -0.4 is 0 Å².